The van der Waals surface area contributed by atoms with Crippen molar-refractivity contribution in [3.8, 4) is 0 Å². The molecular formula is C11H21N3O. The normalized spacial score (nSPS) is 15.3. The summed E-state index contributed by atoms with van der Waals surface area (Å²) < 4.78 is 1.88. The maximum absolute atomic E-state index is 9.53. The first-order valence-corrected chi connectivity index (χ1v) is 5.35. The van der Waals surface area contributed by atoms with E-state index in [1.165, 1.54) is 11.3 Å². The van der Waals surface area contributed by atoms with Crippen molar-refractivity contribution in [2.75, 3.05) is 6.54 Å². The van der Waals surface area contributed by atoms with Gasteiger partial charge in [0.05, 0.1) is 11.8 Å². The van der Waals surface area contributed by atoms with Crippen molar-refractivity contribution in [3.05, 3.63) is 17.0 Å². The average Bonchev–Trinajstić information content (AvgIpc) is 2.41. The molecule has 0 aliphatic carbocycles. The fraction of sp³-hybridized carbons (Fsp3) is 0.727. The van der Waals surface area contributed by atoms with Crippen LogP contribution in [0.5, 0.6) is 0 Å². The van der Waals surface area contributed by atoms with Gasteiger partial charge in [0.2, 0.25) is 0 Å². The van der Waals surface area contributed by atoms with Crippen LogP contribution in [0.1, 0.15) is 36.2 Å². The van der Waals surface area contributed by atoms with E-state index in [1.54, 1.807) is 0 Å². The maximum Gasteiger partial charge on any atom is 0.0668 e. The molecule has 1 heterocycles. The number of aliphatic hydroxyl groups excluding tert-OH is 1. The van der Waals surface area contributed by atoms with Gasteiger partial charge in [-0.3, -0.25) is 4.68 Å². The summed E-state index contributed by atoms with van der Waals surface area (Å²) in [4.78, 5) is 0. The number of nitrogens with zero attached hydrogens (tertiary/aromatic N) is 2. The second-order valence-corrected chi connectivity index (χ2v) is 4.23. The van der Waals surface area contributed by atoms with Gasteiger partial charge < -0.3 is 10.8 Å². The summed E-state index contributed by atoms with van der Waals surface area (Å²) in [5.74, 6) is 0.303. The van der Waals surface area contributed by atoms with Gasteiger partial charge in [-0.1, -0.05) is 6.92 Å². The summed E-state index contributed by atoms with van der Waals surface area (Å²) in [5, 5.41) is 13.9. The van der Waals surface area contributed by atoms with Crippen LogP contribution in [0.3, 0.4) is 0 Å². The van der Waals surface area contributed by atoms with Crippen LogP contribution < -0.4 is 5.73 Å². The number of hydrogen-bond donors (Lipinski definition) is 2. The van der Waals surface area contributed by atoms with E-state index in [2.05, 4.69) is 18.9 Å². The first-order valence-electron chi connectivity index (χ1n) is 5.35. The largest absolute Gasteiger partial charge is 0.392 e. The van der Waals surface area contributed by atoms with Crippen molar-refractivity contribution in [1.29, 1.82) is 0 Å². The van der Waals surface area contributed by atoms with Crippen molar-refractivity contribution in [3.63, 3.8) is 0 Å². The van der Waals surface area contributed by atoms with Crippen LogP contribution in [0, 0.1) is 13.8 Å². The minimum atomic E-state index is -0.418. The van der Waals surface area contributed by atoms with Crippen LogP contribution >= 0.6 is 0 Å². The molecule has 86 valence electrons. The van der Waals surface area contributed by atoms with E-state index in [4.69, 9.17) is 5.73 Å². The predicted molar refractivity (Wildman–Crippen MR) is 60.8 cm³/mol. The van der Waals surface area contributed by atoms with E-state index in [0.717, 1.165) is 5.69 Å². The summed E-state index contributed by atoms with van der Waals surface area (Å²) in [6.07, 6.45) is 0.281. The standard InChI is InChI=1S/C11H21N3O/c1-7(5-10(15)6-12)11-8(2)13-14(4)9(11)3/h7,10,15H,5-6,12H2,1-4H3. The summed E-state index contributed by atoms with van der Waals surface area (Å²) in [5.41, 5.74) is 8.87. The predicted octanol–water partition coefficient (Wildman–Crippen LogP) is 0.850. The SMILES string of the molecule is Cc1nn(C)c(C)c1C(C)CC(O)CN. The van der Waals surface area contributed by atoms with Gasteiger partial charge in [0, 0.05) is 19.3 Å². The van der Waals surface area contributed by atoms with Gasteiger partial charge in [-0.25, -0.2) is 0 Å². The highest BCUT2D eigenvalue weighted by Gasteiger charge is 2.18. The molecule has 15 heavy (non-hydrogen) atoms. The molecule has 0 saturated heterocycles. The third kappa shape index (κ3) is 2.58. The Morgan fingerprint density at radius 1 is 1.47 bits per heavy atom. The molecule has 0 aliphatic heterocycles. The van der Waals surface area contributed by atoms with Gasteiger partial charge in [0.25, 0.3) is 0 Å². The number of rotatable bonds is 4. The number of nitrogens with two attached hydrogens (primary N) is 1. The number of hydrogen-bond acceptors (Lipinski definition) is 3. The highest BCUT2D eigenvalue weighted by Crippen LogP contribution is 2.26. The number of aromatic nitrogens is 2. The minimum absolute atomic E-state index is 0.303. The maximum atomic E-state index is 9.53. The van der Waals surface area contributed by atoms with Crippen LogP contribution in [0.25, 0.3) is 0 Å². The van der Waals surface area contributed by atoms with E-state index in [1.807, 2.05) is 18.7 Å². The van der Waals surface area contributed by atoms with Gasteiger partial charge in [-0.2, -0.15) is 5.10 Å². The number of aryl methyl sites for hydroxylation is 2. The molecule has 3 N–H and O–H groups in total. The van der Waals surface area contributed by atoms with Crippen molar-refractivity contribution in [1.82, 2.24) is 9.78 Å². The molecule has 2 unspecified atom stereocenters. The lowest BCUT2D eigenvalue weighted by Crippen LogP contribution is -2.21. The molecule has 0 amide bonds. The van der Waals surface area contributed by atoms with Crippen LogP contribution in [0.15, 0.2) is 0 Å². The summed E-state index contributed by atoms with van der Waals surface area (Å²) in [6.45, 7) is 6.49. The zero-order valence-corrected chi connectivity index (χ0v) is 9.99. The molecule has 1 aromatic heterocycles. The van der Waals surface area contributed by atoms with Gasteiger partial charge in [0.15, 0.2) is 0 Å². The Kier molecular flexibility index (Phi) is 3.88. The molecule has 4 heteroatoms. The molecule has 2 atom stereocenters. The zero-order valence-electron chi connectivity index (χ0n) is 9.99. The Hall–Kier alpha value is -0.870. The Labute approximate surface area is 91.1 Å². The molecule has 0 radical (unpaired) electrons. The zero-order chi connectivity index (χ0) is 11.6. The van der Waals surface area contributed by atoms with Crippen molar-refractivity contribution in [2.24, 2.45) is 12.8 Å². The highest BCUT2D eigenvalue weighted by molar-refractivity contribution is 5.28. The van der Waals surface area contributed by atoms with Gasteiger partial charge >= 0.3 is 0 Å². The molecule has 0 bridgehead atoms. The van der Waals surface area contributed by atoms with E-state index >= 15 is 0 Å². The third-order valence-electron chi connectivity index (χ3n) is 2.96. The minimum Gasteiger partial charge on any atom is -0.392 e. The molecule has 4 nitrogen and oxygen atoms in total. The lowest BCUT2D eigenvalue weighted by molar-refractivity contribution is 0.165. The van der Waals surface area contributed by atoms with Crippen molar-refractivity contribution in [2.45, 2.75) is 39.2 Å². The van der Waals surface area contributed by atoms with Crippen molar-refractivity contribution < 1.29 is 5.11 Å². The molecule has 0 saturated carbocycles. The summed E-state index contributed by atoms with van der Waals surface area (Å²) >= 11 is 0. The molecule has 0 spiro atoms. The second kappa shape index (κ2) is 4.77. The Balaban J connectivity index is 2.86. The Morgan fingerprint density at radius 3 is 2.47 bits per heavy atom. The van der Waals surface area contributed by atoms with E-state index in [0.29, 0.717) is 18.9 Å². The molecule has 0 aromatic carbocycles. The van der Waals surface area contributed by atoms with Crippen LogP contribution in [0.4, 0.5) is 0 Å². The molecular weight excluding hydrogens is 190 g/mol. The quantitative estimate of drug-likeness (QED) is 0.776. The first kappa shape index (κ1) is 12.2. The highest BCUT2D eigenvalue weighted by atomic mass is 16.3. The molecule has 0 fully saturated rings. The third-order valence-corrected chi connectivity index (χ3v) is 2.96. The fourth-order valence-electron chi connectivity index (χ4n) is 2.13. The van der Waals surface area contributed by atoms with Crippen LogP contribution in [-0.4, -0.2) is 27.5 Å². The van der Waals surface area contributed by atoms with Gasteiger partial charge in [-0.05, 0) is 31.7 Å². The monoisotopic (exact) mass is 211 g/mol. The summed E-state index contributed by atoms with van der Waals surface area (Å²) in [7, 11) is 1.94. The average molecular weight is 211 g/mol. The van der Waals surface area contributed by atoms with Gasteiger partial charge in [0.1, 0.15) is 0 Å². The summed E-state index contributed by atoms with van der Waals surface area (Å²) in [6, 6.07) is 0. The topological polar surface area (TPSA) is 64.1 Å². The molecule has 1 rings (SSSR count). The smallest absolute Gasteiger partial charge is 0.0668 e. The lowest BCUT2D eigenvalue weighted by Gasteiger charge is -2.15. The second-order valence-electron chi connectivity index (χ2n) is 4.23. The fourth-order valence-corrected chi connectivity index (χ4v) is 2.13. The Morgan fingerprint density at radius 2 is 2.07 bits per heavy atom. The van der Waals surface area contributed by atoms with Crippen LogP contribution in [0.2, 0.25) is 0 Å². The van der Waals surface area contributed by atoms with Crippen molar-refractivity contribution >= 4 is 0 Å². The van der Waals surface area contributed by atoms with E-state index < -0.39 is 6.10 Å². The number of aliphatic hydroxyl groups is 1. The molecule has 0 aliphatic rings. The van der Waals surface area contributed by atoms with Gasteiger partial charge in [-0.15, -0.1) is 0 Å². The van der Waals surface area contributed by atoms with Crippen LogP contribution in [-0.2, 0) is 7.05 Å². The Bertz CT molecular complexity index is 333. The first-order chi connectivity index (χ1) is 6.97. The lowest BCUT2D eigenvalue weighted by atomic mass is 9.93. The van der Waals surface area contributed by atoms with E-state index in [9.17, 15) is 5.11 Å². The van der Waals surface area contributed by atoms with E-state index in [-0.39, 0.29) is 0 Å². The molecule has 1 aromatic rings.